The highest BCUT2D eigenvalue weighted by atomic mass is 32.2. The van der Waals surface area contributed by atoms with E-state index in [0.29, 0.717) is 5.75 Å². The fraction of sp³-hybridized carbons (Fsp3) is 1.00. The van der Waals surface area contributed by atoms with E-state index in [2.05, 4.69) is 6.92 Å². The Morgan fingerprint density at radius 1 is 0.588 bits per heavy atom. The maximum absolute atomic E-state index is 10.3. The summed E-state index contributed by atoms with van der Waals surface area (Å²) < 4.78 is 20.6. The van der Waals surface area contributed by atoms with Crippen molar-refractivity contribution in [3.05, 3.63) is 0 Å². The maximum atomic E-state index is 10.3. The minimum absolute atomic E-state index is 0.382. The average molecular weight is 262 g/mol. The lowest BCUT2D eigenvalue weighted by atomic mass is 10.1. The van der Waals surface area contributed by atoms with Crippen LogP contribution in [0.25, 0.3) is 0 Å². The summed E-state index contributed by atoms with van der Waals surface area (Å²) in [7, 11) is -2.14. The van der Waals surface area contributed by atoms with E-state index in [9.17, 15) is 8.42 Å². The number of hydrogen-bond acceptors (Lipinski definition) is 2. The van der Waals surface area contributed by atoms with Gasteiger partial charge in [0.1, 0.15) is 10.7 Å². The van der Waals surface area contributed by atoms with Crippen LogP contribution in [0.15, 0.2) is 0 Å². The largest absolute Gasteiger partial charge is 0.232 e. The first-order valence-corrected chi connectivity index (χ1v) is 8.75. The third-order valence-electron chi connectivity index (χ3n) is 3.19. The second-order valence-corrected chi connectivity index (χ2v) is 6.06. The van der Waals surface area contributed by atoms with Crippen LogP contribution in [0.3, 0.4) is 0 Å². The van der Waals surface area contributed by atoms with Crippen molar-refractivity contribution in [3.63, 3.8) is 0 Å². The topological polar surface area (TPSA) is 34.1 Å². The molecule has 17 heavy (non-hydrogen) atoms. The van der Waals surface area contributed by atoms with Crippen LogP contribution >= 0.6 is 0 Å². The third kappa shape index (κ3) is 15.9. The highest BCUT2D eigenvalue weighted by Crippen LogP contribution is 2.11. The Kier molecular flexibility index (Phi) is 14.0. The predicted molar refractivity (Wildman–Crippen MR) is 76.3 cm³/mol. The normalized spacial score (nSPS) is 11.2. The summed E-state index contributed by atoms with van der Waals surface area (Å²) in [5, 5.41) is 0. The molecular weight excluding hydrogens is 232 g/mol. The maximum Gasteiger partial charge on any atom is 0.140 e. The summed E-state index contributed by atoms with van der Waals surface area (Å²) >= 11 is 0. The van der Waals surface area contributed by atoms with Crippen LogP contribution in [0.2, 0.25) is 0 Å². The summed E-state index contributed by atoms with van der Waals surface area (Å²) in [5.74, 6) is 0.382. The lowest BCUT2D eigenvalue weighted by Gasteiger charge is -2.01. The van der Waals surface area contributed by atoms with Gasteiger partial charge in [-0.05, 0) is 6.42 Å². The summed E-state index contributed by atoms with van der Waals surface area (Å²) in [4.78, 5) is 0. The van der Waals surface area contributed by atoms with Crippen molar-refractivity contribution in [1.82, 2.24) is 0 Å². The molecule has 0 heterocycles. The Bertz CT molecular complexity index is 204. The van der Waals surface area contributed by atoms with Crippen LogP contribution in [0.1, 0.15) is 84.0 Å². The molecule has 0 spiro atoms. The van der Waals surface area contributed by atoms with E-state index < -0.39 is 10.7 Å². The van der Waals surface area contributed by atoms with Crippen LogP contribution < -0.4 is 0 Å². The Morgan fingerprint density at radius 3 is 1.29 bits per heavy atom. The zero-order valence-electron chi connectivity index (χ0n) is 11.5. The summed E-state index contributed by atoms with van der Waals surface area (Å²) in [5.41, 5.74) is 0. The molecule has 0 aromatic carbocycles. The second kappa shape index (κ2) is 14.0. The first-order valence-electron chi connectivity index (χ1n) is 7.39. The summed E-state index contributed by atoms with van der Waals surface area (Å²) in [6.45, 7) is 2.25. The molecule has 0 saturated heterocycles. The van der Waals surface area contributed by atoms with E-state index in [4.69, 9.17) is 0 Å². The standard InChI is InChI=1S/C14H30O2S/c1-2-3-4-5-6-7-8-9-10-11-12-13-14-17(15)16/h17H,2-14H2,1H3. The first kappa shape index (κ1) is 16.9. The molecule has 0 atom stereocenters. The van der Waals surface area contributed by atoms with E-state index in [0.717, 1.165) is 12.8 Å². The van der Waals surface area contributed by atoms with Crippen molar-refractivity contribution in [3.8, 4) is 0 Å². The highest BCUT2D eigenvalue weighted by Gasteiger charge is 1.93. The molecule has 0 aliphatic heterocycles. The Morgan fingerprint density at radius 2 is 0.941 bits per heavy atom. The van der Waals surface area contributed by atoms with Crippen LogP contribution in [-0.4, -0.2) is 14.2 Å². The minimum atomic E-state index is -2.14. The first-order chi connectivity index (χ1) is 8.27. The zero-order chi connectivity index (χ0) is 12.8. The van der Waals surface area contributed by atoms with Gasteiger partial charge in [-0.25, -0.2) is 8.42 Å². The molecule has 0 bridgehead atoms. The molecule has 0 aliphatic rings. The van der Waals surface area contributed by atoms with Gasteiger partial charge in [0.05, 0.1) is 0 Å². The lowest BCUT2D eigenvalue weighted by molar-refractivity contribution is 0.547. The molecule has 0 N–H and O–H groups in total. The van der Waals surface area contributed by atoms with Crippen molar-refractivity contribution < 1.29 is 8.42 Å². The van der Waals surface area contributed by atoms with Crippen LogP contribution in [-0.2, 0) is 10.7 Å². The van der Waals surface area contributed by atoms with Crippen molar-refractivity contribution in [2.45, 2.75) is 84.0 Å². The van der Waals surface area contributed by atoms with Gasteiger partial charge in [-0.2, -0.15) is 0 Å². The van der Waals surface area contributed by atoms with Gasteiger partial charge in [0.2, 0.25) is 0 Å². The molecule has 0 aliphatic carbocycles. The van der Waals surface area contributed by atoms with E-state index in [1.54, 1.807) is 0 Å². The minimum Gasteiger partial charge on any atom is -0.232 e. The average Bonchev–Trinajstić information content (AvgIpc) is 2.30. The van der Waals surface area contributed by atoms with E-state index in [1.807, 2.05) is 0 Å². The van der Waals surface area contributed by atoms with Crippen LogP contribution in [0.5, 0.6) is 0 Å². The van der Waals surface area contributed by atoms with E-state index in [-0.39, 0.29) is 0 Å². The van der Waals surface area contributed by atoms with Crippen molar-refractivity contribution in [2.75, 3.05) is 5.75 Å². The zero-order valence-corrected chi connectivity index (χ0v) is 12.4. The molecule has 0 fully saturated rings. The van der Waals surface area contributed by atoms with E-state index in [1.165, 1.54) is 64.2 Å². The van der Waals surface area contributed by atoms with E-state index >= 15 is 0 Å². The Labute approximate surface area is 109 Å². The van der Waals surface area contributed by atoms with Gasteiger partial charge in [0, 0.05) is 5.75 Å². The molecule has 0 unspecified atom stereocenters. The smallest absolute Gasteiger partial charge is 0.140 e. The SMILES string of the molecule is CCCCCCCCCCCCCC[SH](=O)=O. The summed E-state index contributed by atoms with van der Waals surface area (Å²) in [6, 6.07) is 0. The lowest BCUT2D eigenvalue weighted by Crippen LogP contribution is -1.88. The number of rotatable bonds is 13. The van der Waals surface area contributed by atoms with Gasteiger partial charge < -0.3 is 0 Å². The van der Waals surface area contributed by atoms with Crippen molar-refractivity contribution >= 4 is 10.7 Å². The predicted octanol–water partition coefficient (Wildman–Crippen LogP) is 4.30. The van der Waals surface area contributed by atoms with Crippen molar-refractivity contribution in [2.24, 2.45) is 0 Å². The number of unbranched alkanes of at least 4 members (excludes halogenated alkanes) is 11. The number of thiol groups is 1. The molecule has 2 nitrogen and oxygen atoms in total. The van der Waals surface area contributed by atoms with Gasteiger partial charge in [-0.15, -0.1) is 0 Å². The fourth-order valence-corrected chi connectivity index (χ4v) is 2.56. The number of hydrogen-bond donors (Lipinski definition) is 1. The Hall–Kier alpha value is -0.0500. The second-order valence-electron chi connectivity index (χ2n) is 4.95. The molecule has 104 valence electrons. The van der Waals surface area contributed by atoms with Gasteiger partial charge >= 0.3 is 0 Å². The highest BCUT2D eigenvalue weighted by molar-refractivity contribution is 7.72. The molecule has 0 rings (SSSR count). The van der Waals surface area contributed by atoms with Crippen LogP contribution in [0, 0.1) is 0 Å². The monoisotopic (exact) mass is 262 g/mol. The molecule has 0 saturated carbocycles. The fourth-order valence-electron chi connectivity index (χ4n) is 2.08. The summed E-state index contributed by atoms with van der Waals surface area (Å²) in [6.07, 6.45) is 15.4. The van der Waals surface area contributed by atoms with Crippen LogP contribution in [0.4, 0.5) is 0 Å². The van der Waals surface area contributed by atoms with Gasteiger partial charge in [-0.3, -0.25) is 0 Å². The molecular formula is C14H30O2S. The quantitative estimate of drug-likeness (QED) is 0.397. The molecule has 0 radical (unpaired) electrons. The van der Waals surface area contributed by atoms with Gasteiger partial charge in [-0.1, -0.05) is 77.6 Å². The Balaban J connectivity index is 2.94. The van der Waals surface area contributed by atoms with Crippen molar-refractivity contribution in [1.29, 1.82) is 0 Å². The molecule has 3 heteroatoms. The molecule has 0 aromatic heterocycles. The molecule has 0 aromatic rings. The third-order valence-corrected chi connectivity index (χ3v) is 3.88. The van der Waals surface area contributed by atoms with Gasteiger partial charge in [0.15, 0.2) is 0 Å². The molecule has 0 amide bonds. The van der Waals surface area contributed by atoms with Gasteiger partial charge in [0.25, 0.3) is 0 Å².